The van der Waals surface area contributed by atoms with Crippen molar-refractivity contribution in [2.45, 2.75) is 63.8 Å². The maximum atomic E-state index is 12.7. The summed E-state index contributed by atoms with van der Waals surface area (Å²) >= 11 is 0. The minimum Gasteiger partial charge on any atom is -0.493 e. The van der Waals surface area contributed by atoms with Crippen molar-refractivity contribution >= 4 is 21.6 Å². The highest BCUT2D eigenvalue weighted by atomic mass is 32.2. The first-order valence-electron chi connectivity index (χ1n) is 10.3. The van der Waals surface area contributed by atoms with Crippen molar-refractivity contribution in [1.29, 1.82) is 0 Å². The third-order valence-electron chi connectivity index (χ3n) is 4.25. The van der Waals surface area contributed by atoms with Crippen LogP contribution in [0, 0.1) is 0 Å². The van der Waals surface area contributed by atoms with Crippen LogP contribution < -0.4 is 14.8 Å². The Hall–Kier alpha value is -2.38. The Labute approximate surface area is 180 Å². The number of rotatable bonds is 10. The smallest absolute Gasteiger partial charge is 0.259 e. The third-order valence-corrected chi connectivity index (χ3v) is 6.02. The molecule has 0 aromatic heterocycles. The zero-order valence-corrected chi connectivity index (χ0v) is 19.0. The molecule has 0 saturated carbocycles. The molecule has 0 heterocycles. The summed E-state index contributed by atoms with van der Waals surface area (Å²) < 4.78 is 33.2. The van der Waals surface area contributed by atoms with Gasteiger partial charge in [-0.15, -0.1) is 0 Å². The van der Waals surface area contributed by atoms with Gasteiger partial charge in [0.1, 0.15) is 5.75 Å². The standard InChI is InChI=1S/C23H32N2O4S/c1-5-6-7-10-17-29-21-12-9-8-11-20(21)22(26)24-18-13-15-19(16-14-18)30(27,28)25-23(2,3)4/h8-9,11-16,25H,5-7,10,17H2,1-4H3,(H,24,26). The summed E-state index contributed by atoms with van der Waals surface area (Å²) in [6.45, 7) is 8.06. The molecular weight excluding hydrogens is 400 g/mol. The lowest BCUT2D eigenvalue weighted by molar-refractivity contribution is 0.102. The fourth-order valence-electron chi connectivity index (χ4n) is 2.87. The van der Waals surface area contributed by atoms with Gasteiger partial charge in [-0.3, -0.25) is 4.79 Å². The van der Waals surface area contributed by atoms with Crippen molar-refractivity contribution in [3.05, 3.63) is 54.1 Å². The van der Waals surface area contributed by atoms with Crippen LogP contribution in [-0.2, 0) is 10.0 Å². The summed E-state index contributed by atoms with van der Waals surface area (Å²) in [5.74, 6) is 0.239. The van der Waals surface area contributed by atoms with Gasteiger partial charge in [-0.05, 0) is 63.6 Å². The third kappa shape index (κ3) is 7.46. The first-order chi connectivity index (χ1) is 14.1. The predicted molar refractivity (Wildman–Crippen MR) is 121 cm³/mol. The van der Waals surface area contributed by atoms with Gasteiger partial charge >= 0.3 is 0 Å². The number of nitrogens with one attached hydrogen (secondary N) is 2. The number of hydrogen-bond acceptors (Lipinski definition) is 4. The van der Waals surface area contributed by atoms with Crippen LogP contribution in [0.1, 0.15) is 63.7 Å². The molecule has 0 saturated heterocycles. The fraction of sp³-hybridized carbons (Fsp3) is 0.435. The quantitative estimate of drug-likeness (QED) is 0.519. The molecule has 0 atom stereocenters. The monoisotopic (exact) mass is 432 g/mol. The van der Waals surface area contributed by atoms with Gasteiger partial charge in [0.25, 0.3) is 5.91 Å². The molecule has 1 amide bonds. The Morgan fingerprint density at radius 1 is 0.967 bits per heavy atom. The summed E-state index contributed by atoms with van der Waals surface area (Å²) in [5, 5.41) is 2.80. The topological polar surface area (TPSA) is 84.5 Å². The maximum Gasteiger partial charge on any atom is 0.259 e. The zero-order valence-electron chi connectivity index (χ0n) is 18.2. The molecule has 0 aliphatic heterocycles. The van der Waals surface area contributed by atoms with Gasteiger partial charge in [-0.2, -0.15) is 0 Å². The molecule has 2 aromatic carbocycles. The molecule has 0 unspecified atom stereocenters. The highest BCUT2D eigenvalue weighted by Gasteiger charge is 2.22. The van der Waals surface area contributed by atoms with E-state index in [2.05, 4.69) is 17.0 Å². The van der Waals surface area contributed by atoms with Crippen LogP contribution in [0.25, 0.3) is 0 Å². The second-order valence-corrected chi connectivity index (χ2v) is 9.92. The average Bonchev–Trinajstić information content (AvgIpc) is 2.67. The second kappa shape index (κ2) is 10.6. The number of ether oxygens (including phenoxy) is 1. The summed E-state index contributed by atoms with van der Waals surface area (Å²) in [6.07, 6.45) is 4.38. The number of para-hydroxylation sites is 1. The molecule has 0 bridgehead atoms. The maximum absolute atomic E-state index is 12.7. The summed E-state index contributed by atoms with van der Waals surface area (Å²) in [7, 11) is -3.62. The van der Waals surface area contributed by atoms with Gasteiger partial charge in [0.05, 0.1) is 17.1 Å². The molecular formula is C23H32N2O4S. The van der Waals surface area contributed by atoms with E-state index >= 15 is 0 Å². The van der Waals surface area contributed by atoms with Gasteiger partial charge in [0, 0.05) is 11.2 Å². The zero-order chi connectivity index (χ0) is 22.2. The van der Waals surface area contributed by atoms with E-state index in [0.717, 1.165) is 19.3 Å². The molecule has 0 aliphatic rings. The summed E-state index contributed by atoms with van der Waals surface area (Å²) in [6, 6.07) is 13.2. The normalized spacial score (nSPS) is 11.9. The lowest BCUT2D eigenvalue weighted by Gasteiger charge is -2.20. The number of sulfonamides is 1. The van der Waals surface area contributed by atoms with Crippen molar-refractivity contribution in [1.82, 2.24) is 4.72 Å². The minimum atomic E-state index is -3.62. The van der Waals surface area contributed by atoms with Crippen LogP contribution in [0.5, 0.6) is 5.75 Å². The molecule has 0 fully saturated rings. The number of anilines is 1. The van der Waals surface area contributed by atoms with Crippen molar-refractivity contribution in [2.24, 2.45) is 0 Å². The molecule has 0 spiro atoms. The molecule has 0 aliphatic carbocycles. The van der Waals surface area contributed by atoms with Crippen LogP contribution in [0.2, 0.25) is 0 Å². The van der Waals surface area contributed by atoms with Crippen LogP contribution in [-0.4, -0.2) is 26.5 Å². The molecule has 0 radical (unpaired) electrons. The lowest BCUT2D eigenvalue weighted by atomic mass is 10.1. The Balaban J connectivity index is 2.05. The molecule has 7 heteroatoms. The molecule has 2 aromatic rings. The van der Waals surface area contributed by atoms with E-state index in [-0.39, 0.29) is 10.8 Å². The van der Waals surface area contributed by atoms with Crippen LogP contribution in [0.3, 0.4) is 0 Å². The number of amides is 1. The predicted octanol–water partition coefficient (Wildman–Crippen LogP) is 4.97. The lowest BCUT2D eigenvalue weighted by Crippen LogP contribution is -2.40. The Kier molecular flexibility index (Phi) is 8.43. The first-order valence-corrected chi connectivity index (χ1v) is 11.8. The number of unbranched alkanes of at least 4 members (excludes halogenated alkanes) is 3. The highest BCUT2D eigenvalue weighted by molar-refractivity contribution is 7.89. The van der Waals surface area contributed by atoms with Crippen LogP contribution in [0.15, 0.2) is 53.4 Å². The van der Waals surface area contributed by atoms with Crippen molar-refractivity contribution in [2.75, 3.05) is 11.9 Å². The van der Waals surface area contributed by atoms with E-state index < -0.39 is 15.6 Å². The second-order valence-electron chi connectivity index (χ2n) is 8.24. The van der Waals surface area contributed by atoms with Crippen molar-refractivity contribution < 1.29 is 17.9 Å². The molecule has 6 nitrogen and oxygen atoms in total. The largest absolute Gasteiger partial charge is 0.493 e. The van der Waals surface area contributed by atoms with E-state index in [1.54, 1.807) is 51.1 Å². The van der Waals surface area contributed by atoms with Crippen LogP contribution in [0.4, 0.5) is 5.69 Å². The molecule has 164 valence electrons. The average molecular weight is 433 g/mol. The summed E-state index contributed by atoms with van der Waals surface area (Å²) in [5.41, 5.74) is 0.373. The van der Waals surface area contributed by atoms with Gasteiger partial charge < -0.3 is 10.1 Å². The first kappa shape index (κ1) is 23.9. The van der Waals surface area contributed by atoms with Crippen molar-refractivity contribution in [3.8, 4) is 5.75 Å². The van der Waals surface area contributed by atoms with E-state index in [1.165, 1.54) is 18.6 Å². The van der Waals surface area contributed by atoms with E-state index in [1.807, 2.05) is 6.07 Å². The molecule has 2 N–H and O–H groups in total. The number of carbonyl (C=O) groups is 1. The Morgan fingerprint density at radius 3 is 2.27 bits per heavy atom. The summed E-state index contributed by atoms with van der Waals surface area (Å²) in [4.78, 5) is 12.9. The van der Waals surface area contributed by atoms with Crippen molar-refractivity contribution in [3.63, 3.8) is 0 Å². The fourth-order valence-corrected chi connectivity index (χ4v) is 4.29. The highest BCUT2D eigenvalue weighted by Crippen LogP contribution is 2.21. The number of benzene rings is 2. The van der Waals surface area contributed by atoms with Gasteiger partial charge in [-0.25, -0.2) is 13.1 Å². The number of hydrogen-bond donors (Lipinski definition) is 2. The number of carbonyl (C=O) groups excluding carboxylic acids is 1. The Bertz CT molecular complexity index is 932. The van der Waals surface area contributed by atoms with E-state index in [9.17, 15) is 13.2 Å². The van der Waals surface area contributed by atoms with Crippen LogP contribution >= 0.6 is 0 Å². The van der Waals surface area contributed by atoms with E-state index in [4.69, 9.17) is 4.74 Å². The molecule has 2 rings (SSSR count). The minimum absolute atomic E-state index is 0.145. The van der Waals surface area contributed by atoms with Gasteiger partial charge in [-0.1, -0.05) is 38.3 Å². The van der Waals surface area contributed by atoms with Gasteiger partial charge in [0.15, 0.2) is 0 Å². The molecule has 30 heavy (non-hydrogen) atoms. The van der Waals surface area contributed by atoms with E-state index in [0.29, 0.717) is 23.6 Å². The Morgan fingerprint density at radius 2 is 1.63 bits per heavy atom. The van der Waals surface area contributed by atoms with Gasteiger partial charge in [0.2, 0.25) is 10.0 Å². The SMILES string of the molecule is CCCCCCOc1ccccc1C(=O)Nc1ccc(S(=O)(=O)NC(C)(C)C)cc1.